The van der Waals surface area contributed by atoms with E-state index in [1.165, 1.54) is 10.6 Å². The number of hydrogen-bond donors (Lipinski definition) is 1. The molecule has 7 heteroatoms. The SMILES string of the molecule is COCc1nc2nc(CF)cc(=S)n2[nH]1. The van der Waals surface area contributed by atoms with Crippen LogP contribution in [0.2, 0.25) is 0 Å². The summed E-state index contributed by atoms with van der Waals surface area (Å²) >= 11 is 5.05. The molecule has 0 aliphatic heterocycles. The van der Waals surface area contributed by atoms with E-state index in [0.29, 0.717) is 22.8 Å². The molecular formula is C8H9FN4OS. The van der Waals surface area contributed by atoms with Crippen molar-refractivity contribution < 1.29 is 9.13 Å². The predicted molar refractivity (Wildman–Crippen MR) is 53.7 cm³/mol. The van der Waals surface area contributed by atoms with E-state index in [1.807, 2.05) is 0 Å². The normalized spacial score (nSPS) is 11.1. The van der Waals surface area contributed by atoms with Gasteiger partial charge in [-0.1, -0.05) is 12.2 Å². The summed E-state index contributed by atoms with van der Waals surface area (Å²) in [5, 5.41) is 2.91. The summed E-state index contributed by atoms with van der Waals surface area (Å²) < 4.78 is 19.3. The molecule has 2 rings (SSSR count). The van der Waals surface area contributed by atoms with Gasteiger partial charge in [-0.15, -0.1) is 0 Å². The monoisotopic (exact) mass is 228 g/mol. The summed E-state index contributed by atoms with van der Waals surface area (Å²) in [5.74, 6) is 0.967. The lowest BCUT2D eigenvalue weighted by Crippen LogP contribution is -1.96. The maximum Gasteiger partial charge on any atom is 0.252 e. The van der Waals surface area contributed by atoms with Crippen molar-refractivity contribution in [2.45, 2.75) is 13.3 Å². The van der Waals surface area contributed by atoms with Crippen LogP contribution in [0.4, 0.5) is 4.39 Å². The van der Waals surface area contributed by atoms with E-state index in [0.717, 1.165) is 0 Å². The Hall–Kier alpha value is -1.34. The molecule has 0 spiro atoms. The first-order chi connectivity index (χ1) is 7.24. The molecule has 1 N–H and O–H groups in total. The van der Waals surface area contributed by atoms with Gasteiger partial charge >= 0.3 is 0 Å². The van der Waals surface area contributed by atoms with Crippen LogP contribution >= 0.6 is 12.2 Å². The molecule has 2 aromatic rings. The van der Waals surface area contributed by atoms with Gasteiger partial charge in [-0.05, 0) is 6.07 Å². The third kappa shape index (κ3) is 1.88. The maximum absolute atomic E-state index is 12.4. The molecule has 0 saturated heterocycles. The average molecular weight is 228 g/mol. The standard InChI is InChI=1S/C8H9FN4OS/c1-14-4-6-11-8-10-5(3-9)2-7(15)13(8)12-6/h2H,3-4H2,1H3,(H,10,11,12). The number of hydrogen-bond acceptors (Lipinski definition) is 4. The fourth-order valence-electron chi connectivity index (χ4n) is 1.24. The molecule has 15 heavy (non-hydrogen) atoms. The van der Waals surface area contributed by atoms with Crippen molar-refractivity contribution in [3.8, 4) is 0 Å². The Balaban J connectivity index is 2.59. The first kappa shape index (κ1) is 10.2. The molecule has 2 heterocycles. The van der Waals surface area contributed by atoms with Crippen molar-refractivity contribution in [1.82, 2.24) is 19.6 Å². The lowest BCUT2D eigenvalue weighted by Gasteiger charge is -1.94. The van der Waals surface area contributed by atoms with Crippen LogP contribution in [0.5, 0.6) is 0 Å². The Labute approximate surface area is 89.9 Å². The number of halogens is 1. The number of fused-ring (bicyclic) bond motifs is 1. The van der Waals surface area contributed by atoms with Crippen LogP contribution in [0.25, 0.3) is 5.78 Å². The smallest absolute Gasteiger partial charge is 0.252 e. The van der Waals surface area contributed by atoms with Crippen molar-refractivity contribution in [2.75, 3.05) is 7.11 Å². The van der Waals surface area contributed by atoms with Gasteiger partial charge in [-0.3, -0.25) is 5.10 Å². The van der Waals surface area contributed by atoms with E-state index in [-0.39, 0.29) is 5.69 Å². The lowest BCUT2D eigenvalue weighted by atomic mass is 10.4. The number of rotatable bonds is 3. The molecule has 80 valence electrons. The maximum atomic E-state index is 12.4. The number of H-pyrrole nitrogens is 1. The topological polar surface area (TPSA) is 55.2 Å². The van der Waals surface area contributed by atoms with Crippen LogP contribution in [0, 0.1) is 4.64 Å². The van der Waals surface area contributed by atoms with Crippen molar-refractivity contribution in [3.05, 3.63) is 22.2 Å². The highest BCUT2D eigenvalue weighted by atomic mass is 32.1. The third-order valence-corrected chi connectivity index (χ3v) is 2.15. The van der Waals surface area contributed by atoms with Crippen LogP contribution in [-0.2, 0) is 18.0 Å². The molecule has 0 saturated carbocycles. The van der Waals surface area contributed by atoms with Crippen molar-refractivity contribution in [2.24, 2.45) is 0 Å². The molecule has 0 aliphatic rings. The first-order valence-electron chi connectivity index (χ1n) is 4.27. The minimum absolute atomic E-state index is 0.287. The third-order valence-electron chi connectivity index (χ3n) is 1.85. The average Bonchev–Trinajstić information content (AvgIpc) is 2.61. The van der Waals surface area contributed by atoms with E-state index in [4.69, 9.17) is 17.0 Å². The summed E-state index contributed by atoms with van der Waals surface area (Å²) in [6.07, 6.45) is 0. The first-order valence-corrected chi connectivity index (χ1v) is 4.68. The zero-order valence-corrected chi connectivity index (χ0v) is 8.84. The number of nitrogens with zero attached hydrogens (tertiary/aromatic N) is 3. The predicted octanol–water partition coefficient (Wildman–Crippen LogP) is 1.40. The molecule has 0 atom stereocenters. The number of aromatic amines is 1. The largest absolute Gasteiger partial charge is 0.377 e. The van der Waals surface area contributed by atoms with Gasteiger partial charge in [0, 0.05) is 7.11 Å². The van der Waals surface area contributed by atoms with Crippen molar-refractivity contribution in [3.63, 3.8) is 0 Å². The number of alkyl halides is 1. The second-order valence-corrected chi connectivity index (χ2v) is 3.38. The quantitative estimate of drug-likeness (QED) is 0.807. The molecule has 0 aromatic carbocycles. The van der Waals surface area contributed by atoms with Gasteiger partial charge in [0.15, 0.2) is 5.82 Å². The zero-order chi connectivity index (χ0) is 10.8. The van der Waals surface area contributed by atoms with Gasteiger partial charge in [-0.25, -0.2) is 13.9 Å². The summed E-state index contributed by atoms with van der Waals surface area (Å²) in [7, 11) is 1.56. The van der Waals surface area contributed by atoms with Crippen LogP contribution in [0.15, 0.2) is 6.07 Å². The summed E-state index contributed by atoms with van der Waals surface area (Å²) in [4.78, 5) is 8.09. The molecule has 0 amide bonds. The highest BCUT2D eigenvalue weighted by Crippen LogP contribution is 2.05. The molecule has 5 nitrogen and oxygen atoms in total. The van der Waals surface area contributed by atoms with Gasteiger partial charge in [-0.2, -0.15) is 4.98 Å². The van der Waals surface area contributed by atoms with Gasteiger partial charge in [0.05, 0.1) is 5.69 Å². The van der Waals surface area contributed by atoms with Gasteiger partial charge < -0.3 is 4.74 Å². The fourth-order valence-corrected chi connectivity index (χ4v) is 1.50. The minimum Gasteiger partial charge on any atom is -0.377 e. The molecule has 0 fully saturated rings. The van der Waals surface area contributed by atoms with E-state index < -0.39 is 6.67 Å². The highest BCUT2D eigenvalue weighted by Gasteiger charge is 2.05. The minimum atomic E-state index is -0.646. The Morgan fingerprint density at radius 2 is 2.40 bits per heavy atom. The number of aromatic nitrogens is 4. The second-order valence-electron chi connectivity index (χ2n) is 2.96. The molecule has 0 radical (unpaired) electrons. The molecule has 0 aliphatic carbocycles. The number of ether oxygens (including phenoxy) is 1. The molecule has 0 unspecified atom stereocenters. The van der Waals surface area contributed by atoms with Crippen LogP contribution in [0.3, 0.4) is 0 Å². The van der Waals surface area contributed by atoms with Crippen LogP contribution in [-0.4, -0.2) is 26.7 Å². The van der Waals surface area contributed by atoms with E-state index in [1.54, 1.807) is 7.11 Å². The number of methoxy groups -OCH3 is 1. The highest BCUT2D eigenvalue weighted by molar-refractivity contribution is 7.71. The Morgan fingerprint density at radius 1 is 1.60 bits per heavy atom. The molecule has 0 bridgehead atoms. The summed E-state index contributed by atoms with van der Waals surface area (Å²) in [6, 6.07) is 1.50. The van der Waals surface area contributed by atoms with Crippen molar-refractivity contribution >= 4 is 18.0 Å². The molecular weight excluding hydrogens is 219 g/mol. The van der Waals surface area contributed by atoms with E-state index in [2.05, 4.69) is 15.1 Å². The number of nitrogens with one attached hydrogen (secondary N) is 1. The fraction of sp³-hybridized carbons (Fsp3) is 0.375. The van der Waals surface area contributed by atoms with Gasteiger partial charge in [0.25, 0.3) is 5.78 Å². The lowest BCUT2D eigenvalue weighted by molar-refractivity contribution is 0.178. The summed E-state index contributed by atoms with van der Waals surface area (Å²) in [5.41, 5.74) is 0.287. The van der Waals surface area contributed by atoms with Gasteiger partial charge in [0.1, 0.15) is 17.9 Å². The summed E-state index contributed by atoms with van der Waals surface area (Å²) in [6.45, 7) is -0.310. The Bertz CT molecular complexity index is 535. The zero-order valence-electron chi connectivity index (χ0n) is 8.03. The van der Waals surface area contributed by atoms with Crippen LogP contribution < -0.4 is 0 Å². The molecule has 2 aromatic heterocycles. The van der Waals surface area contributed by atoms with Gasteiger partial charge in [0.2, 0.25) is 0 Å². The van der Waals surface area contributed by atoms with Crippen LogP contribution in [0.1, 0.15) is 11.5 Å². The van der Waals surface area contributed by atoms with E-state index in [9.17, 15) is 4.39 Å². The Morgan fingerprint density at radius 3 is 3.07 bits per heavy atom. The van der Waals surface area contributed by atoms with E-state index >= 15 is 0 Å². The Kier molecular flexibility index (Phi) is 2.74. The second kappa shape index (κ2) is 4.03. The van der Waals surface area contributed by atoms with Crippen molar-refractivity contribution in [1.29, 1.82) is 0 Å².